The SMILES string of the molecule is [CH2]C(O)C1CC1c1ccc(S(C)(=O)=O)cc1Cl. The fraction of sp³-hybridized carbons (Fsp3) is 0.417. The molecular formula is C12H14ClO3S. The lowest BCUT2D eigenvalue weighted by atomic mass is 10.1. The first-order valence-corrected chi connectivity index (χ1v) is 7.58. The predicted molar refractivity (Wildman–Crippen MR) is 66.8 cm³/mol. The molecule has 0 aromatic heterocycles. The molecule has 3 nitrogen and oxygen atoms in total. The summed E-state index contributed by atoms with van der Waals surface area (Å²) in [4.78, 5) is 0.221. The molecule has 3 atom stereocenters. The van der Waals surface area contributed by atoms with E-state index in [0.29, 0.717) is 5.02 Å². The summed E-state index contributed by atoms with van der Waals surface area (Å²) in [5.41, 5.74) is 0.895. The minimum Gasteiger partial charge on any atom is -0.393 e. The Morgan fingerprint density at radius 2 is 2.18 bits per heavy atom. The highest BCUT2D eigenvalue weighted by atomic mass is 35.5. The van der Waals surface area contributed by atoms with Crippen LogP contribution < -0.4 is 0 Å². The highest BCUT2D eigenvalue weighted by Crippen LogP contribution is 2.51. The van der Waals surface area contributed by atoms with Gasteiger partial charge in [-0.05, 0) is 42.9 Å². The second kappa shape index (κ2) is 4.26. The van der Waals surface area contributed by atoms with E-state index in [1.165, 1.54) is 6.07 Å². The van der Waals surface area contributed by atoms with Crippen LogP contribution in [0.3, 0.4) is 0 Å². The van der Waals surface area contributed by atoms with Crippen molar-refractivity contribution in [2.45, 2.75) is 23.3 Å². The minimum absolute atomic E-state index is 0.136. The van der Waals surface area contributed by atoms with E-state index in [1.807, 2.05) is 0 Å². The third-order valence-electron chi connectivity index (χ3n) is 3.13. The van der Waals surface area contributed by atoms with E-state index in [1.54, 1.807) is 12.1 Å². The van der Waals surface area contributed by atoms with Crippen LogP contribution in [0, 0.1) is 12.8 Å². The summed E-state index contributed by atoms with van der Waals surface area (Å²) in [6.07, 6.45) is 1.41. The van der Waals surface area contributed by atoms with Gasteiger partial charge < -0.3 is 5.11 Å². The van der Waals surface area contributed by atoms with Gasteiger partial charge in [0.2, 0.25) is 0 Å². The van der Waals surface area contributed by atoms with Gasteiger partial charge in [0.15, 0.2) is 9.84 Å². The number of halogens is 1. The lowest BCUT2D eigenvalue weighted by molar-refractivity contribution is 0.194. The van der Waals surface area contributed by atoms with Gasteiger partial charge in [0.05, 0.1) is 11.0 Å². The van der Waals surface area contributed by atoms with E-state index in [4.69, 9.17) is 11.6 Å². The zero-order chi connectivity index (χ0) is 12.8. The van der Waals surface area contributed by atoms with E-state index < -0.39 is 15.9 Å². The first kappa shape index (κ1) is 12.9. The Labute approximate surface area is 106 Å². The van der Waals surface area contributed by atoms with Gasteiger partial charge in [-0.2, -0.15) is 0 Å². The van der Waals surface area contributed by atoms with E-state index in [9.17, 15) is 13.5 Å². The number of sulfone groups is 1. The minimum atomic E-state index is -3.22. The topological polar surface area (TPSA) is 54.4 Å². The molecule has 1 aromatic rings. The van der Waals surface area contributed by atoms with Crippen LogP contribution in [0.4, 0.5) is 0 Å². The molecular weight excluding hydrogens is 260 g/mol. The number of hydrogen-bond acceptors (Lipinski definition) is 3. The summed E-state index contributed by atoms with van der Waals surface area (Å²) in [6, 6.07) is 4.75. The Morgan fingerprint density at radius 1 is 1.53 bits per heavy atom. The molecule has 1 aliphatic carbocycles. The van der Waals surface area contributed by atoms with Gasteiger partial charge in [-0.15, -0.1) is 0 Å². The maximum absolute atomic E-state index is 11.3. The second-order valence-electron chi connectivity index (χ2n) is 4.53. The first-order valence-electron chi connectivity index (χ1n) is 5.31. The summed E-state index contributed by atoms with van der Waals surface area (Å²) >= 11 is 6.07. The van der Waals surface area contributed by atoms with E-state index in [2.05, 4.69) is 6.92 Å². The highest BCUT2D eigenvalue weighted by Gasteiger charge is 2.42. The molecule has 0 saturated heterocycles. The summed E-state index contributed by atoms with van der Waals surface area (Å²) < 4.78 is 22.7. The molecule has 2 rings (SSSR count). The summed E-state index contributed by atoms with van der Waals surface area (Å²) in [5.74, 6) is 0.334. The average molecular weight is 274 g/mol. The number of benzene rings is 1. The van der Waals surface area contributed by atoms with Gasteiger partial charge >= 0.3 is 0 Å². The van der Waals surface area contributed by atoms with Crippen LogP contribution in [0.1, 0.15) is 17.9 Å². The van der Waals surface area contributed by atoms with Crippen LogP contribution in [0.15, 0.2) is 23.1 Å². The van der Waals surface area contributed by atoms with Gasteiger partial charge in [-0.25, -0.2) is 8.42 Å². The first-order chi connectivity index (χ1) is 7.80. The standard InChI is InChI=1S/C12H14ClO3S/c1-7(14)10-6-11(10)9-4-3-8(5-12(9)13)17(2,15)16/h3-5,7,10-11,14H,1,6H2,2H3. The van der Waals surface area contributed by atoms with Crippen LogP contribution >= 0.6 is 11.6 Å². The van der Waals surface area contributed by atoms with Crippen molar-refractivity contribution < 1.29 is 13.5 Å². The Bertz CT molecular complexity index is 537. The Balaban J connectivity index is 2.28. The normalized spacial score (nSPS) is 25.6. The van der Waals surface area contributed by atoms with Crippen molar-refractivity contribution in [1.82, 2.24) is 0 Å². The molecule has 1 radical (unpaired) electrons. The molecule has 3 unspecified atom stereocenters. The van der Waals surface area contributed by atoms with Crippen LogP contribution in [-0.2, 0) is 9.84 Å². The fourth-order valence-corrected chi connectivity index (χ4v) is 3.07. The number of aliphatic hydroxyl groups is 1. The summed E-state index contributed by atoms with van der Waals surface area (Å²) in [6.45, 7) is 3.58. The summed E-state index contributed by atoms with van der Waals surface area (Å²) in [7, 11) is -3.22. The number of rotatable bonds is 3. The van der Waals surface area contributed by atoms with Crippen molar-refractivity contribution in [3.05, 3.63) is 35.7 Å². The van der Waals surface area contributed by atoms with Crippen molar-refractivity contribution >= 4 is 21.4 Å². The highest BCUT2D eigenvalue weighted by molar-refractivity contribution is 7.90. The van der Waals surface area contributed by atoms with Gasteiger partial charge in [0, 0.05) is 11.3 Å². The van der Waals surface area contributed by atoms with Crippen molar-refractivity contribution in [2.24, 2.45) is 5.92 Å². The quantitative estimate of drug-likeness (QED) is 0.917. The van der Waals surface area contributed by atoms with Crippen LogP contribution in [-0.4, -0.2) is 25.9 Å². The largest absolute Gasteiger partial charge is 0.393 e. The summed E-state index contributed by atoms with van der Waals surface area (Å²) in [5, 5.41) is 9.79. The maximum Gasteiger partial charge on any atom is 0.175 e. The zero-order valence-electron chi connectivity index (χ0n) is 9.43. The molecule has 1 N–H and O–H groups in total. The zero-order valence-corrected chi connectivity index (χ0v) is 11.0. The molecule has 1 aromatic carbocycles. The smallest absolute Gasteiger partial charge is 0.175 e. The molecule has 1 fully saturated rings. The third kappa shape index (κ3) is 2.64. The fourth-order valence-electron chi connectivity index (χ4n) is 2.04. The van der Waals surface area contributed by atoms with E-state index in [0.717, 1.165) is 18.2 Å². The molecule has 17 heavy (non-hydrogen) atoms. The molecule has 5 heteroatoms. The Kier molecular flexibility index (Phi) is 3.23. The van der Waals surface area contributed by atoms with Crippen LogP contribution in [0.2, 0.25) is 5.02 Å². The van der Waals surface area contributed by atoms with Crippen molar-refractivity contribution in [1.29, 1.82) is 0 Å². The van der Waals surface area contributed by atoms with Crippen molar-refractivity contribution in [3.63, 3.8) is 0 Å². The lowest BCUT2D eigenvalue weighted by Crippen LogP contribution is -2.04. The average Bonchev–Trinajstić information content (AvgIpc) is 2.95. The van der Waals surface area contributed by atoms with Crippen molar-refractivity contribution in [2.75, 3.05) is 6.26 Å². The third-order valence-corrected chi connectivity index (χ3v) is 4.57. The van der Waals surface area contributed by atoms with Gasteiger partial charge in [0.25, 0.3) is 0 Å². The Morgan fingerprint density at radius 3 is 2.59 bits per heavy atom. The van der Waals surface area contributed by atoms with E-state index >= 15 is 0 Å². The molecule has 0 amide bonds. The Hall–Kier alpha value is -0.580. The van der Waals surface area contributed by atoms with Crippen LogP contribution in [0.25, 0.3) is 0 Å². The molecule has 0 aliphatic heterocycles. The molecule has 93 valence electrons. The van der Waals surface area contributed by atoms with Gasteiger partial charge in [0.1, 0.15) is 0 Å². The number of hydrogen-bond donors (Lipinski definition) is 1. The maximum atomic E-state index is 11.3. The molecule has 0 heterocycles. The molecule has 1 saturated carbocycles. The van der Waals surface area contributed by atoms with Crippen molar-refractivity contribution in [3.8, 4) is 0 Å². The molecule has 0 spiro atoms. The van der Waals surface area contributed by atoms with Gasteiger partial charge in [-0.1, -0.05) is 17.7 Å². The van der Waals surface area contributed by atoms with E-state index in [-0.39, 0.29) is 16.7 Å². The second-order valence-corrected chi connectivity index (χ2v) is 6.95. The van der Waals surface area contributed by atoms with Gasteiger partial charge in [-0.3, -0.25) is 0 Å². The molecule has 1 aliphatic rings. The number of aliphatic hydroxyl groups excluding tert-OH is 1. The predicted octanol–water partition coefficient (Wildman–Crippen LogP) is 2.04. The van der Waals surface area contributed by atoms with Crippen LogP contribution in [0.5, 0.6) is 0 Å². The monoisotopic (exact) mass is 273 g/mol. The lowest BCUT2D eigenvalue weighted by Gasteiger charge is -2.07. The molecule has 0 bridgehead atoms.